The van der Waals surface area contributed by atoms with Crippen LogP contribution in [-0.4, -0.2) is 34.2 Å². The van der Waals surface area contributed by atoms with Crippen molar-refractivity contribution >= 4 is 11.8 Å². The minimum absolute atomic E-state index is 0.0640. The van der Waals surface area contributed by atoms with Crippen LogP contribution in [0.4, 0.5) is 10.6 Å². The van der Waals surface area contributed by atoms with Crippen molar-refractivity contribution in [3.63, 3.8) is 0 Å². The molecule has 1 aromatic heterocycles. The minimum Gasteiger partial charge on any atom is -0.326 e. The van der Waals surface area contributed by atoms with Crippen molar-refractivity contribution in [2.24, 2.45) is 5.73 Å². The quantitative estimate of drug-likeness (QED) is 0.724. The number of anilines is 1. The van der Waals surface area contributed by atoms with E-state index in [1.807, 2.05) is 4.90 Å². The van der Waals surface area contributed by atoms with Crippen LogP contribution < -0.4 is 11.1 Å². The molecule has 94 valence electrons. The third-order valence-corrected chi connectivity index (χ3v) is 3.06. The number of carbonyl (C=O) groups is 1. The molecule has 2 heterocycles. The van der Waals surface area contributed by atoms with E-state index in [0.717, 1.165) is 31.5 Å². The predicted molar refractivity (Wildman–Crippen MR) is 65.5 cm³/mol. The molecule has 2 rings (SSSR count). The van der Waals surface area contributed by atoms with E-state index in [0.29, 0.717) is 12.4 Å². The number of likely N-dealkylation sites (tertiary alicyclic amines) is 1. The Morgan fingerprint density at radius 3 is 2.76 bits per heavy atom. The average molecular weight is 237 g/mol. The van der Waals surface area contributed by atoms with Crippen LogP contribution in [0.15, 0.2) is 6.20 Å². The van der Waals surface area contributed by atoms with Gasteiger partial charge in [-0.05, 0) is 12.8 Å². The molecule has 1 aliphatic rings. The van der Waals surface area contributed by atoms with Crippen molar-refractivity contribution in [3.05, 3.63) is 11.8 Å². The number of H-pyrrole nitrogens is 1. The van der Waals surface area contributed by atoms with E-state index in [4.69, 9.17) is 5.73 Å². The van der Waals surface area contributed by atoms with Gasteiger partial charge >= 0.3 is 6.03 Å². The molecule has 0 unspecified atom stereocenters. The van der Waals surface area contributed by atoms with Gasteiger partial charge in [-0.15, -0.1) is 0 Å². The van der Waals surface area contributed by atoms with Gasteiger partial charge in [0.25, 0.3) is 0 Å². The number of aromatic nitrogens is 2. The highest BCUT2D eigenvalue weighted by atomic mass is 16.2. The van der Waals surface area contributed by atoms with Crippen LogP contribution in [0.5, 0.6) is 0 Å². The topological polar surface area (TPSA) is 87.0 Å². The number of nitrogens with two attached hydrogens (primary N) is 1. The van der Waals surface area contributed by atoms with Gasteiger partial charge < -0.3 is 10.6 Å². The Labute approximate surface area is 101 Å². The van der Waals surface area contributed by atoms with Crippen molar-refractivity contribution in [1.29, 1.82) is 0 Å². The van der Waals surface area contributed by atoms with Gasteiger partial charge in [0.2, 0.25) is 0 Å². The van der Waals surface area contributed by atoms with Gasteiger partial charge in [0.05, 0.1) is 6.20 Å². The number of amides is 2. The molecule has 0 aliphatic carbocycles. The van der Waals surface area contributed by atoms with E-state index in [-0.39, 0.29) is 6.03 Å². The van der Waals surface area contributed by atoms with Crippen LogP contribution in [0.3, 0.4) is 0 Å². The molecule has 6 nitrogen and oxygen atoms in total. The summed E-state index contributed by atoms with van der Waals surface area (Å²) in [5.41, 5.74) is 6.38. The molecule has 0 bridgehead atoms. The first kappa shape index (κ1) is 11.9. The maximum Gasteiger partial charge on any atom is 0.323 e. The van der Waals surface area contributed by atoms with Gasteiger partial charge in [0.15, 0.2) is 0 Å². The summed E-state index contributed by atoms with van der Waals surface area (Å²) in [5, 5.41) is 9.45. The number of carbonyl (C=O) groups excluding carboxylic acids is 1. The second-order valence-electron chi connectivity index (χ2n) is 4.31. The number of hydrogen-bond donors (Lipinski definition) is 3. The van der Waals surface area contributed by atoms with Crippen molar-refractivity contribution in [3.8, 4) is 0 Å². The van der Waals surface area contributed by atoms with Gasteiger partial charge in [-0.25, -0.2) is 4.79 Å². The van der Waals surface area contributed by atoms with Gasteiger partial charge in [-0.2, -0.15) is 5.10 Å². The van der Waals surface area contributed by atoms with E-state index in [2.05, 4.69) is 15.5 Å². The molecule has 6 heteroatoms. The lowest BCUT2D eigenvalue weighted by Crippen LogP contribution is -2.36. The fourth-order valence-electron chi connectivity index (χ4n) is 2.03. The standard InChI is InChI=1S/C11H19N5O/c12-7-9-8-13-15-10(9)14-11(17)16-5-3-1-2-4-6-16/h8H,1-7,12H2,(H2,13,14,15,17). The highest BCUT2D eigenvalue weighted by molar-refractivity contribution is 5.89. The molecule has 2 amide bonds. The Bertz CT molecular complexity index is 368. The third-order valence-electron chi connectivity index (χ3n) is 3.06. The zero-order valence-electron chi connectivity index (χ0n) is 9.91. The third kappa shape index (κ3) is 2.97. The molecule has 4 N–H and O–H groups in total. The van der Waals surface area contributed by atoms with Crippen molar-refractivity contribution in [2.45, 2.75) is 32.2 Å². The van der Waals surface area contributed by atoms with Crippen LogP contribution in [0, 0.1) is 0 Å². The van der Waals surface area contributed by atoms with Gasteiger partial charge in [-0.3, -0.25) is 10.4 Å². The first-order valence-electron chi connectivity index (χ1n) is 6.09. The van der Waals surface area contributed by atoms with Gasteiger partial charge in [0.1, 0.15) is 5.82 Å². The summed E-state index contributed by atoms with van der Waals surface area (Å²) >= 11 is 0. The fourth-order valence-corrected chi connectivity index (χ4v) is 2.03. The smallest absolute Gasteiger partial charge is 0.323 e. The average Bonchev–Trinajstić information content (AvgIpc) is 2.62. The van der Waals surface area contributed by atoms with Crippen LogP contribution in [-0.2, 0) is 6.54 Å². The summed E-state index contributed by atoms with van der Waals surface area (Å²) in [6, 6.07) is -0.0640. The number of urea groups is 1. The maximum absolute atomic E-state index is 12.0. The van der Waals surface area contributed by atoms with E-state index in [1.165, 1.54) is 12.8 Å². The molecule has 1 aliphatic heterocycles. The molecule has 1 fully saturated rings. The second-order valence-corrected chi connectivity index (χ2v) is 4.31. The normalized spacial score (nSPS) is 16.6. The Morgan fingerprint density at radius 1 is 1.41 bits per heavy atom. The highest BCUT2D eigenvalue weighted by Crippen LogP contribution is 2.13. The van der Waals surface area contributed by atoms with Crippen molar-refractivity contribution < 1.29 is 4.79 Å². The lowest BCUT2D eigenvalue weighted by molar-refractivity contribution is 0.213. The summed E-state index contributed by atoms with van der Waals surface area (Å²) in [6.07, 6.45) is 6.22. The zero-order chi connectivity index (χ0) is 12.1. The summed E-state index contributed by atoms with van der Waals surface area (Å²) < 4.78 is 0. The summed E-state index contributed by atoms with van der Waals surface area (Å²) in [6.45, 7) is 2.03. The highest BCUT2D eigenvalue weighted by Gasteiger charge is 2.16. The minimum atomic E-state index is -0.0640. The molecule has 0 aromatic carbocycles. The molecule has 17 heavy (non-hydrogen) atoms. The van der Waals surface area contributed by atoms with Crippen molar-refractivity contribution in [2.75, 3.05) is 18.4 Å². The second kappa shape index (κ2) is 5.67. The molecular weight excluding hydrogens is 218 g/mol. The lowest BCUT2D eigenvalue weighted by atomic mass is 10.2. The molecule has 0 saturated carbocycles. The monoisotopic (exact) mass is 237 g/mol. The number of hydrogen-bond acceptors (Lipinski definition) is 3. The summed E-state index contributed by atoms with van der Waals surface area (Å²) in [5.74, 6) is 0.613. The first-order chi connectivity index (χ1) is 8.31. The lowest BCUT2D eigenvalue weighted by Gasteiger charge is -2.20. The Balaban J connectivity index is 1.95. The summed E-state index contributed by atoms with van der Waals surface area (Å²) in [7, 11) is 0. The molecule has 0 atom stereocenters. The van der Waals surface area contributed by atoms with Crippen LogP contribution in [0.1, 0.15) is 31.2 Å². The SMILES string of the molecule is NCc1cn[nH]c1NC(=O)N1CCCCCC1. The largest absolute Gasteiger partial charge is 0.326 e. The molecule has 1 aromatic rings. The van der Waals surface area contributed by atoms with E-state index in [1.54, 1.807) is 6.20 Å². The number of aromatic amines is 1. The molecule has 0 spiro atoms. The Morgan fingerprint density at radius 2 is 2.12 bits per heavy atom. The zero-order valence-corrected chi connectivity index (χ0v) is 9.91. The van der Waals surface area contributed by atoms with Crippen molar-refractivity contribution in [1.82, 2.24) is 15.1 Å². The van der Waals surface area contributed by atoms with Gasteiger partial charge in [-0.1, -0.05) is 12.8 Å². The molecular formula is C11H19N5O. The van der Waals surface area contributed by atoms with E-state index >= 15 is 0 Å². The fraction of sp³-hybridized carbons (Fsp3) is 0.636. The molecule has 1 saturated heterocycles. The Hall–Kier alpha value is -1.56. The van der Waals surface area contributed by atoms with Crippen LogP contribution in [0.2, 0.25) is 0 Å². The van der Waals surface area contributed by atoms with E-state index < -0.39 is 0 Å². The van der Waals surface area contributed by atoms with Gasteiger partial charge in [0, 0.05) is 25.2 Å². The predicted octanol–water partition coefficient (Wildman–Crippen LogP) is 1.28. The number of nitrogens with one attached hydrogen (secondary N) is 2. The molecule has 0 radical (unpaired) electrons. The van der Waals surface area contributed by atoms with Crippen LogP contribution in [0.25, 0.3) is 0 Å². The maximum atomic E-state index is 12.0. The Kier molecular flexibility index (Phi) is 3.98. The van der Waals surface area contributed by atoms with E-state index in [9.17, 15) is 4.79 Å². The number of nitrogens with zero attached hydrogens (tertiary/aromatic N) is 2. The number of rotatable bonds is 2. The first-order valence-corrected chi connectivity index (χ1v) is 6.09. The summed E-state index contributed by atoms with van der Waals surface area (Å²) in [4.78, 5) is 13.9. The van der Waals surface area contributed by atoms with Crippen LogP contribution >= 0.6 is 0 Å².